The van der Waals surface area contributed by atoms with E-state index in [1.807, 2.05) is 0 Å². The smallest absolute Gasteiger partial charge is 0.0294 e. The molecule has 0 aromatic heterocycles. The number of hydrogen-bond acceptors (Lipinski definition) is 1. The maximum atomic E-state index is 6.03. The molecule has 1 nitrogen and oxygen atoms in total. The fourth-order valence-electron chi connectivity index (χ4n) is 1.61. The van der Waals surface area contributed by atoms with Crippen molar-refractivity contribution in [3.8, 4) is 0 Å². The molecule has 0 radical (unpaired) electrons. The second-order valence-corrected chi connectivity index (χ2v) is 4.22. The molecule has 1 atom stereocenters. The minimum atomic E-state index is 0.209. The molecule has 1 rings (SSSR count). The standard InChI is InChI=1S/C13H21N/c1-4-5-13(14)12-8-6-11(7-9-12)10(2)3/h6-10,13H,4-5,14H2,1-3H3/t13-/m1/s1. The van der Waals surface area contributed by atoms with Crippen molar-refractivity contribution in [1.82, 2.24) is 0 Å². The Bertz CT molecular complexity index is 261. The number of rotatable bonds is 4. The Morgan fingerprint density at radius 3 is 2.00 bits per heavy atom. The van der Waals surface area contributed by atoms with Gasteiger partial charge in [0.2, 0.25) is 0 Å². The average Bonchev–Trinajstić information content (AvgIpc) is 2.18. The summed E-state index contributed by atoms with van der Waals surface area (Å²) in [7, 11) is 0. The molecule has 0 saturated heterocycles. The highest BCUT2D eigenvalue weighted by molar-refractivity contribution is 5.26. The van der Waals surface area contributed by atoms with Gasteiger partial charge in [0.15, 0.2) is 0 Å². The topological polar surface area (TPSA) is 26.0 Å². The third kappa shape index (κ3) is 2.85. The van der Waals surface area contributed by atoms with Crippen LogP contribution in [0.15, 0.2) is 24.3 Å². The molecule has 0 bridgehead atoms. The van der Waals surface area contributed by atoms with Gasteiger partial charge in [-0.15, -0.1) is 0 Å². The van der Waals surface area contributed by atoms with Gasteiger partial charge in [0.1, 0.15) is 0 Å². The van der Waals surface area contributed by atoms with E-state index >= 15 is 0 Å². The third-order valence-corrected chi connectivity index (χ3v) is 2.63. The van der Waals surface area contributed by atoms with Gasteiger partial charge in [-0.3, -0.25) is 0 Å². The molecule has 2 N–H and O–H groups in total. The van der Waals surface area contributed by atoms with Gasteiger partial charge in [-0.1, -0.05) is 51.5 Å². The molecule has 1 aromatic carbocycles. The first-order valence-electron chi connectivity index (χ1n) is 5.50. The molecule has 0 saturated carbocycles. The Balaban J connectivity index is 2.72. The van der Waals surface area contributed by atoms with Crippen molar-refractivity contribution < 1.29 is 0 Å². The largest absolute Gasteiger partial charge is 0.324 e. The number of nitrogens with two attached hydrogens (primary N) is 1. The first-order chi connectivity index (χ1) is 6.65. The summed E-state index contributed by atoms with van der Waals surface area (Å²) in [6.45, 7) is 6.59. The van der Waals surface area contributed by atoms with Crippen molar-refractivity contribution in [1.29, 1.82) is 0 Å². The average molecular weight is 191 g/mol. The lowest BCUT2D eigenvalue weighted by Gasteiger charge is -2.12. The summed E-state index contributed by atoms with van der Waals surface area (Å²) < 4.78 is 0. The lowest BCUT2D eigenvalue weighted by Crippen LogP contribution is -2.09. The normalized spacial score (nSPS) is 13.2. The van der Waals surface area contributed by atoms with Crippen molar-refractivity contribution >= 4 is 0 Å². The van der Waals surface area contributed by atoms with Crippen LogP contribution in [-0.4, -0.2) is 0 Å². The molecule has 0 fully saturated rings. The van der Waals surface area contributed by atoms with Crippen LogP contribution in [0.25, 0.3) is 0 Å². The molecule has 0 unspecified atom stereocenters. The van der Waals surface area contributed by atoms with Gasteiger partial charge in [-0.05, 0) is 23.5 Å². The zero-order valence-electron chi connectivity index (χ0n) is 9.46. The van der Waals surface area contributed by atoms with E-state index in [1.165, 1.54) is 11.1 Å². The summed E-state index contributed by atoms with van der Waals surface area (Å²) >= 11 is 0. The van der Waals surface area contributed by atoms with Gasteiger partial charge in [-0.2, -0.15) is 0 Å². The molecule has 0 aliphatic rings. The molecule has 1 heteroatoms. The molecule has 78 valence electrons. The van der Waals surface area contributed by atoms with Crippen molar-refractivity contribution in [2.24, 2.45) is 5.73 Å². The van der Waals surface area contributed by atoms with Gasteiger partial charge in [-0.25, -0.2) is 0 Å². The Morgan fingerprint density at radius 2 is 1.57 bits per heavy atom. The Kier molecular flexibility index (Phi) is 4.15. The second kappa shape index (κ2) is 5.16. The minimum Gasteiger partial charge on any atom is -0.324 e. The fourth-order valence-corrected chi connectivity index (χ4v) is 1.61. The van der Waals surface area contributed by atoms with E-state index in [1.54, 1.807) is 0 Å². The maximum Gasteiger partial charge on any atom is 0.0294 e. The molecule has 0 heterocycles. The van der Waals surface area contributed by atoms with Crippen molar-refractivity contribution in [3.63, 3.8) is 0 Å². The van der Waals surface area contributed by atoms with Crippen LogP contribution in [0, 0.1) is 0 Å². The molecule has 0 spiro atoms. The molecule has 0 aliphatic carbocycles. The van der Waals surface area contributed by atoms with Crippen LogP contribution < -0.4 is 5.73 Å². The van der Waals surface area contributed by atoms with E-state index in [-0.39, 0.29) is 6.04 Å². The molecule has 0 aliphatic heterocycles. The van der Waals surface area contributed by atoms with Gasteiger partial charge in [0, 0.05) is 6.04 Å². The first kappa shape index (κ1) is 11.3. The summed E-state index contributed by atoms with van der Waals surface area (Å²) in [6.07, 6.45) is 2.22. The summed E-state index contributed by atoms with van der Waals surface area (Å²) in [4.78, 5) is 0. The quantitative estimate of drug-likeness (QED) is 0.773. The van der Waals surface area contributed by atoms with Gasteiger partial charge < -0.3 is 5.73 Å². The van der Waals surface area contributed by atoms with Crippen LogP contribution in [0.4, 0.5) is 0 Å². The van der Waals surface area contributed by atoms with E-state index in [0.717, 1.165) is 12.8 Å². The van der Waals surface area contributed by atoms with Gasteiger partial charge >= 0.3 is 0 Å². The highest BCUT2D eigenvalue weighted by Gasteiger charge is 2.05. The minimum absolute atomic E-state index is 0.209. The SMILES string of the molecule is CCC[C@@H](N)c1ccc(C(C)C)cc1. The van der Waals surface area contributed by atoms with Crippen molar-refractivity contribution in [3.05, 3.63) is 35.4 Å². The zero-order chi connectivity index (χ0) is 10.6. The predicted octanol–water partition coefficient (Wildman–Crippen LogP) is 3.61. The number of hydrogen-bond donors (Lipinski definition) is 1. The monoisotopic (exact) mass is 191 g/mol. The molecular formula is C13H21N. The lowest BCUT2D eigenvalue weighted by molar-refractivity contribution is 0.638. The molecule has 1 aromatic rings. The van der Waals surface area contributed by atoms with E-state index in [9.17, 15) is 0 Å². The Morgan fingerprint density at radius 1 is 1.07 bits per heavy atom. The lowest BCUT2D eigenvalue weighted by atomic mass is 9.98. The second-order valence-electron chi connectivity index (χ2n) is 4.22. The third-order valence-electron chi connectivity index (χ3n) is 2.63. The van der Waals surface area contributed by atoms with Gasteiger partial charge in [0.05, 0.1) is 0 Å². The van der Waals surface area contributed by atoms with E-state index in [4.69, 9.17) is 5.73 Å². The van der Waals surface area contributed by atoms with Crippen LogP contribution in [0.1, 0.15) is 56.7 Å². The van der Waals surface area contributed by atoms with Crippen LogP contribution in [0.2, 0.25) is 0 Å². The summed E-state index contributed by atoms with van der Waals surface area (Å²) in [5.74, 6) is 0.603. The highest BCUT2D eigenvalue weighted by Crippen LogP contribution is 2.19. The molecule has 0 amide bonds. The summed E-state index contributed by atoms with van der Waals surface area (Å²) in [5, 5.41) is 0. The first-order valence-corrected chi connectivity index (χ1v) is 5.50. The maximum absolute atomic E-state index is 6.03. The number of benzene rings is 1. The van der Waals surface area contributed by atoms with E-state index in [2.05, 4.69) is 45.0 Å². The highest BCUT2D eigenvalue weighted by atomic mass is 14.6. The van der Waals surface area contributed by atoms with Crippen LogP contribution in [0.5, 0.6) is 0 Å². The Hall–Kier alpha value is -0.820. The fraction of sp³-hybridized carbons (Fsp3) is 0.538. The van der Waals surface area contributed by atoms with Crippen LogP contribution in [-0.2, 0) is 0 Å². The molecule has 14 heavy (non-hydrogen) atoms. The van der Waals surface area contributed by atoms with Crippen molar-refractivity contribution in [2.75, 3.05) is 0 Å². The van der Waals surface area contributed by atoms with Gasteiger partial charge in [0.25, 0.3) is 0 Å². The van der Waals surface area contributed by atoms with E-state index in [0.29, 0.717) is 5.92 Å². The molecular weight excluding hydrogens is 170 g/mol. The van der Waals surface area contributed by atoms with E-state index < -0.39 is 0 Å². The Labute approximate surface area is 87.3 Å². The predicted molar refractivity (Wildman–Crippen MR) is 62.4 cm³/mol. The van der Waals surface area contributed by atoms with Crippen molar-refractivity contribution in [2.45, 2.75) is 45.6 Å². The van der Waals surface area contributed by atoms with Crippen LogP contribution >= 0.6 is 0 Å². The summed E-state index contributed by atoms with van der Waals surface area (Å²) in [5.41, 5.74) is 8.68. The van der Waals surface area contributed by atoms with Crippen LogP contribution in [0.3, 0.4) is 0 Å². The zero-order valence-corrected chi connectivity index (χ0v) is 9.46. The summed E-state index contributed by atoms with van der Waals surface area (Å²) in [6, 6.07) is 8.91.